The molecule has 4 aromatic carbocycles. The summed E-state index contributed by atoms with van der Waals surface area (Å²) in [5.41, 5.74) is 3.43. The standard InChI is InChI=1S/C36H39Cl2N3O4S/c1-5-27(4)39-36(43)34(21-28-10-7-6-8-11-28)40(23-29-12-9-13-30(37)20-29)35(42)24-41(31-17-16-26(3)33(38)22-31)46(44,45)32-18-14-25(2)15-19-32/h6-20,22,27,34H,5,21,23-24H2,1-4H3,(H,39,43)/t27-,34-/m1/s1. The van der Waals surface area contributed by atoms with Gasteiger partial charge in [-0.3, -0.25) is 13.9 Å². The zero-order valence-corrected chi connectivity index (χ0v) is 28.7. The summed E-state index contributed by atoms with van der Waals surface area (Å²) in [4.78, 5) is 30.0. The maximum atomic E-state index is 14.6. The van der Waals surface area contributed by atoms with Gasteiger partial charge in [0.15, 0.2) is 0 Å². The average molecular weight is 681 g/mol. The van der Waals surface area contributed by atoms with E-state index in [2.05, 4.69) is 5.32 Å². The molecule has 0 unspecified atom stereocenters. The number of carbonyl (C=O) groups excluding carboxylic acids is 2. The minimum Gasteiger partial charge on any atom is -0.352 e. The molecule has 0 saturated heterocycles. The Bertz CT molecular complexity index is 1770. The number of hydrogen-bond acceptors (Lipinski definition) is 4. The van der Waals surface area contributed by atoms with Crippen LogP contribution in [0.1, 0.15) is 42.5 Å². The third kappa shape index (κ3) is 8.90. The van der Waals surface area contributed by atoms with Crippen LogP contribution in [0, 0.1) is 13.8 Å². The van der Waals surface area contributed by atoms with Gasteiger partial charge < -0.3 is 10.2 Å². The van der Waals surface area contributed by atoms with Gasteiger partial charge in [0.1, 0.15) is 12.6 Å². The molecule has 0 saturated carbocycles. The van der Waals surface area contributed by atoms with Crippen LogP contribution >= 0.6 is 23.2 Å². The number of sulfonamides is 1. The van der Waals surface area contributed by atoms with Gasteiger partial charge in [-0.2, -0.15) is 0 Å². The Kier molecular flexibility index (Phi) is 11.9. The van der Waals surface area contributed by atoms with E-state index in [0.717, 1.165) is 21.0 Å². The number of halogens is 2. The van der Waals surface area contributed by atoms with Crippen LogP contribution in [0.4, 0.5) is 5.69 Å². The monoisotopic (exact) mass is 679 g/mol. The first kappa shape index (κ1) is 35.0. The van der Waals surface area contributed by atoms with E-state index in [9.17, 15) is 18.0 Å². The van der Waals surface area contributed by atoms with Gasteiger partial charge in [0.05, 0.1) is 10.6 Å². The lowest BCUT2D eigenvalue weighted by Gasteiger charge is -2.34. The Labute approximate surface area is 282 Å². The maximum absolute atomic E-state index is 14.6. The minimum atomic E-state index is -4.23. The normalized spacial score (nSPS) is 12.7. The van der Waals surface area contributed by atoms with E-state index in [4.69, 9.17) is 23.2 Å². The van der Waals surface area contributed by atoms with Crippen LogP contribution in [-0.2, 0) is 32.6 Å². The minimum absolute atomic E-state index is 0.0257. The molecule has 0 radical (unpaired) electrons. The zero-order valence-electron chi connectivity index (χ0n) is 26.4. The predicted molar refractivity (Wildman–Crippen MR) is 186 cm³/mol. The first-order valence-corrected chi connectivity index (χ1v) is 17.3. The SMILES string of the molecule is CC[C@@H](C)NC(=O)[C@@H](Cc1ccccc1)N(Cc1cccc(Cl)c1)C(=O)CN(c1ccc(C)c(Cl)c1)S(=O)(=O)c1ccc(C)cc1. The maximum Gasteiger partial charge on any atom is 0.264 e. The van der Waals surface area contributed by atoms with Gasteiger partial charge in [0, 0.05) is 29.1 Å². The smallest absolute Gasteiger partial charge is 0.264 e. The van der Waals surface area contributed by atoms with Crippen LogP contribution in [0.2, 0.25) is 10.0 Å². The molecule has 0 aromatic heterocycles. The van der Waals surface area contributed by atoms with Crippen molar-refractivity contribution in [2.75, 3.05) is 10.8 Å². The highest BCUT2D eigenvalue weighted by Crippen LogP contribution is 2.29. The lowest BCUT2D eigenvalue weighted by atomic mass is 10.0. The Morgan fingerprint density at radius 1 is 0.848 bits per heavy atom. The number of anilines is 1. The quantitative estimate of drug-likeness (QED) is 0.160. The number of amides is 2. The van der Waals surface area contributed by atoms with E-state index in [0.29, 0.717) is 22.0 Å². The molecule has 4 rings (SSSR count). The Hall–Kier alpha value is -3.85. The molecule has 0 aliphatic heterocycles. The lowest BCUT2D eigenvalue weighted by molar-refractivity contribution is -0.140. The molecule has 0 spiro atoms. The van der Waals surface area contributed by atoms with Gasteiger partial charge in [-0.05, 0) is 80.3 Å². The van der Waals surface area contributed by atoms with Gasteiger partial charge in [-0.15, -0.1) is 0 Å². The third-order valence-corrected chi connectivity index (χ3v) is 10.3. The van der Waals surface area contributed by atoms with Crippen LogP contribution < -0.4 is 9.62 Å². The van der Waals surface area contributed by atoms with Crippen molar-refractivity contribution in [3.8, 4) is 0 Å². The third-order valence-electron chi connectivity index (χ3n) is 7.85. The fourth-order valence-corrected chi connectivity index (χ4v) is 6.72. The number of nitrogens with zero attached hydrogens (tertiary/aromatic N) is 2. The highest BCUT2D eigenvalue weighted by atomic mass is 35.5. The van der Waals surface area contributed by atoms with E-state index >= 15 is 0 Å². The zero-order chi connectivity index (χ0) is 33.4. The van der Waals surface area contributed by atoms with Crippen LogP contribution in [0.25, 0.3) is 0 Å². The molecule has 242 valence electrons. The average Bonchev–Trinajstić information content (AvgIpc) is 3.03. The Morgan fingerprint density at radius 3 is 2.15 bits per heavy atom. The van der Waals surface area contributed by atoms with Crippen LogP contribution in [-0.4, -0.2) is 43.8 Å². The molecule has 2 amide bonds. The molecule has 46 heavy (non-hydrogen) atoms. The summed E-state index contributed by atoms with van der Waals surface area (Å²) >= 11 is 12.8. The van der Waals surface area contributed by atoms with Crippen LogP contribution in [0.15, 0.2) is 102 Å². The Morgan fingerprint density at radius 2 is 1.52 bits per heavy atom. The van der Waals surface area contributed by atoms with Gasteiger partial charge >= 0.3 is 0 Å². The largest absolute Gasteiger partial charge is 0.352 e. The number of benzene rings is 4. The van der Waals surface area contributed by atoms with Crippen molar-refractivity contribution in [1.29, 1.82) is 0 Å². The van der Waals surface area contributed by atoms with E-state index in [1.165, 1.54) is 23.1 Å². The second-order valence-corrected chi connectivity index (χ2v) is 14.1. The first-order valence-electron chi connectivity index (χ1n) is 15.1. The summed E-state index contributed by atoms with van der Waals surface area (Å²) in [6.45, 7) is 7.00. The molecule has 1 N–H and O–H groups in total. The van der Waals surface area contributed by atoms with Crippen molar-refractivity contribution in [2.24, 2.45) is 0 Å². The van der Waals surface area contributed by atoms with E-state index in [1.54, 1.807) is 42.5 Å². The molecule has 0 bridgehead atoms. The molecule has 0 aliphatic rings. The molecule has 0 heterocycles. The van der Waals surface area contributed by atoms with Crippen LogP contribution in [0.5, 0.6) is 0 Å². The van der Waals surface area contributed by atoms with Crippen molar-refractivity contribution in [2.45, 2.75) is 64.1 Å². The predicted octanol–water partition coefficient (Wildman–Crippen LogP) is 7.36. The number of rotatable bonds is 13. The van der Waals surface area contributed by atoms with Crippen molar-refractivity contribution >= 4 is 50.7 Å². The number of carbonyl (C=O) groups is 2. The van der Waals surface area contributed by atoms with Crippen molar-refractivity contribution in [3.05, 3.63) is 129 Å². The van der Waals surface area contributed by atoms with Crippen LogP contribution in [0.3, 0.4) is 0 Å². The molecular formula is C36H39Cl2N3O4S. The molecule has 0 aliphatic carbocycles. The fourth-order valence-electron chi connectivity index (χ4n) is 4.93. The second kappa shape index (κ2) is 15.6. The van der Waals surface area contributed by atoms with E-state index < -0.39 is 28.5 Å². The van der Waals surface area contributed by atoms with Gasteiger partial charge in [-0.1, -0.05) is 96.4 Å². The second-order valence-electron chi connectivity index (χ2n) is 11.4. The summed E-state index contributed by atoms with van der Waals surface area (Å²) in [6.07, 6.45) is 0.916. The van der Waals surface area contributed by atoms with E-state index in [1.807, 2.05) is 64.1 Å². The summed E-state index contributed by atoms with van der Waals surface area (Å²) in [7, 11) is -4.23. The van der Waals surface area contributed by atoms with Gasteiger partial charge in [0.25, 0.3) is 10.0 Å². The molecule has 7 nitrogen and oxygen atoms in total. The molecule has 0 fully saturated rings. The van der Waals surface area contributed by atoms with Crippen molar-refractivity contribution in [3.63, 3.8) is 0 Å². The summed E-state index contributed by atoms with van der Waals surface area (Å²) in [5, 5.41) is 3.87. The first-order chi connectivity index (χ1) is 21.9. The van der Waals surface area contributed by atoms with Crippen molar-refractivity contribution < 1.29 is 18.0 Å². The highest BCUT2D eigenvalue weighted by molar-refractivity contribution is 7.92. The number of aryl methyl sites for hydroxylation is 2. The summed E-state index contributed by atoms with van der Waals surface area (Å²) in [5.74, 6) is -0.896. The fraction of sp³-hybridized carbons (Fsp3) is 0.278. The number of hydrogen-bond donors (Lipinski definition) is 1. The molecule has 10 heteroatoms. The Balaban J connectivity index is 1.83. The molecular weight excluding hydrogens is 641 g/mol. The number of nitrogens with one attached hydrogen (secondary N) is 1. The molecule has 2 atom stereocenters. The van der Waals surface area contributed by atoms with Gasteiger partial charge in [-0.25, -0.2) is 8.42 Å². The summed E-state index contributed by atoms with van der Waals surface area (Å²) < 4.78 is 29.4. The topological polar surface area (TPSA) is 86.8 Å². The molecule has 4 aromatic rings. The highest BCUT2D eigenvalue weighted by Gasteiger charge is 2.35. The summed E-state index contributed by atoms with van der Waals surface area (Å²) in [6, 6.07) is 26.7. The van der Waals surface area contributed by atoms with E-state index in [-0.39, 0.29) is 35.5 Å². The van der Waals surface area contributed by atoms with Gasteiger partial charge in [0.2, 0.25) is 11.8 Å². The lowest BCUT2D eigenvalue weighted by Crippen LogP contribution is -2.54. The van der Waals surface area contributed by atoms with Crippen molar-refractivity contribution in [1.82, 2.24) is 10.2 Å².